The minimum absolute atomic E-state index is 0.397. The van der Waals surface area contributed by atoms with Crippen molar-refractivity contribution in [1.82, 2.24) is 0 Å². The zero-order valence-corrected chi connectivity index (χ0v) is 11.5. The minimum atomic E-state index is -0.397. The molecule has 0 saturated heterocycles. The first-order valence-corrected chi connectivity index (χ1v) is 6.28. The standard InChI is InChI=1S/C17H16O3/c1-13-4-3-5-16(12-13)20-17(18)11-8-14-6-9-15(19-2)10-7-14/h3-12H,1-2H3/b11-8+. The van der Waals surface area contributed by atoms with Crippen LogP contribution < -0.4 is 9.47 Å². The fourth-order valence-electron chi connectivity index (χ4n) is 1.71. The molecule has 0 N–H and O–H groups in total. The Balaban J connectivity index is 1.98. The second-order valence-corrected chi connectivity index (χ2v) is 4.34. The molecule has 2 aromatic rings. The molecule has 0 saturated carbocycles. The van der Waals surface area contributed by atoms with Crippen LogP contribution in [-0.2, 0) is 4.79 Å². The van der Waals surface area contributed by atoms with Gasteiger partial charge in [0.1, 0.15) is 11.5 Å². The summed E-state index contributed by atoms with van der Waals surface area (Å²) < 4.78 is 10.3. The lowest BCUT2D eigenvalue weighted by Gasteiger charge is -2.02. The molecular weight excluding hydrogens is 252 g/mol. The predicted molar refractivity (Wildman–Crippen MR) is 78.8 cm³/mol. The van der Waals surface area contributed by atoms with Gasteiger partial charge in [-0.05, 0) is 48.4 Å². The second kappa shape index (κ2) is 6.57. The Labute approximate surface area is 118 Å². The molecule has 0 spiro atoms. The maximum atomic E-state index is 11.7. The monoisotopic (exact) mass is 268 g/mol. The Kier molecular flexibility index (Phi) is 4.56. The lowest BCUT2D eigenvalue weighted by atomic mass is 10.2. The summed E-state index contributed by atoms with van der Waals surface area (Å²) in [5, 5.41) is 0. The van der Waals surface area contributed by atoms with E-state index in [1.165, 1.54) is 6.08 Å². The molecular formula is C17H16O3. The van der Waals surface area contributed by atoms with Crippen LogP contribution >= 0.6 is 0 Å². The molecule has 0 aromatic heterocycles. The van der Waals surface area contributed by atoms with E-state index < -0.39 is 5.97 Å². The van der Waals surface area contributed by atoms with Crippen LogP contribution in [0.25, 0.3) is 6.08 Å². The van der Waals surface area contributed by atoms with E-state index in [2.05, 4.69) is 0 Å². The maximum Gasteiger partial charge on any atom is 0.336 e. The molecule has 102 valence electrons. The zero-order chi connectivity index (χ0) is 14.4. The number of carbonyl (C=O) groups is 1. The third-order valence-corrected chi connectivity index (χ3v) is 2.74. The van der Waals surface area contributed by atoms with Crippen LogP contribution in [0.1, 0.15) is 11.1 Å². The highest BCUT2D eigenvalue weighted by atomic mass is 16.5. The van der Waals surface area contributed by atoms with Crippen LogP contribution in [0.2, 0.25) is 0 Å². The first-order valence-electron chi connectivity index (χ1n) is 6.28. The van der Waals surface area contributed by atoms with Gasteiger partial charge in [-0.2, -0.15) is 0 Å². The summed E-state index contributed by atoms with van der Waals surface area (Å²) in [6.07, 6.45) is 3.11. The lowest BCUT2D eigenvalue weighted by Crippen LogP contribution is -2.03. The van der Waals surface area contributed by atoms with Gasteiger partial charge in [-0.25, -0.2) is 4.79 Å². The molecule has 0 aliphatic heterocycles. The normalized spacial score (nSPS) is 10.5. The fourth-order valence-corrected chi connectivity index (χ4v) is 1.71. The third kappa shape index (κ3) is 3.99. The van der Waals surface area contributed by atoms with Crippen molar-refractivity contribution in [2.45, 2.75) is 6.92 Å². The maximum absolute atomic E-state index is 11.7. The summed E-state index contributed by atoms with van der Waals surface area (Å²) in [5.41, 5.74) is 1.96. The number of hydrogen-bond acceptors (Lipinski definition) is 3. The van der Waals surface area contributed by atoms with Gasteiger partial charge in [0.15, 0.2) is 0 Å². The molecule has 0 amide bonds. The van der Waals surface area contributed by atoms with Crippen LogP contribution in [0.3, 0.4) is 0 Å². The van der Waals surface area contributed by atoms with Crippen molar-refractivity contribution >= 4 is 12.0 Å². The number of hydrogen-bond donors (Lipinski definition) is 0. The fraction of sp³-hybridized carbons (Fsp3) is 0.118. The average Bonchev–Trinajstić information content (AvgIpc) is 2.46. The zero-order valence-electron chi connectivity index (χ0n) is 11.5. The molecule has 0 radical (unpaired) electrons. The van der Waals surface area contributed by atoms with Gasteiger partial charge in [0, 0.05) is 6.08 Å². The van der Waals surface area contributed by atoms with Crippen LogP contribution in [-0.4, -0.2) is 13.1 Å². The Morgan fingerprint density at radius 2 is 1.80 bits per heavy atom. The molecule has 2 aromatic carbocycles. The van der Waals surface area contributed by atoms with Crippen molar-refractivity contribution in [2.75, 3.05) is 7.11 Å². The molecule has 20 heavy (non-hydrogen) atoms. The summed E-state index contributed by atoms with van der Waals surface area (Å²) in [7, 11) is 1.62. The van der Waals surface area contributed by atoms with E-state index in [1.807, 2.05) is 49.4 Å². The number of carbonyl (C=O) groups excluding carboxylic acids is 1. The highest BCUT2D eigenvalue weighted by Crippen LogP contribution is 2.14. The van der Waals surface area contributed by atoms with Crippen molar-refractivity contribution in [1.29, 1.82) is 0 Å². The van der Waals surface area contributed by atoms with E-state index in [0.717, 1.165) is 16.9 Å². The van der Waals surface area contributed by atoms with E-state index in [4.69, 9.17) is 9.47 Å². The Hall–Kier alpha value is -2.55. The van der Waals surface area contributed by atoms with E-state index in [-0.39, 0.29) is 0 Å². The largest absolute Gasteiger partial charge is 0.497 e. The van der Waals surface area contributed by atoms with E-state index in [1.54, 1.807) is 19.3 Å². The molecule has 2 rings (SSSR count). The number of rotatable bonds is 4. The Bertz CT molecular complexity index is 612. The van der Waals surface area contributed by atoms with E-state index in [0.29, 0.717) is 5.75 Å². The van der Waals surface area contributed by atoms with Gasteiger partial charge in [-0.1, -0.05) is 24.3 Å². The molecule has 0 aliphatic carbocycles. The summed E-state index contributed by atoms with van der Waals surface area (Å²) in [5.74, 6) is 0.935. The molecule has 0 fully saturated rings. The van der Waals surface area contributed by atoms with Crippen LogP contribution in [0.5, 0.6) is 11.5 Å². The third-order valence-electron chi connectivity index (χ3n) is 2.74. The van der Waals surface area contributed by atoms with Crippen molar-refractivity contribution < 1.29 is 14.3 Å². The molecule has 0 heterocycles. The molecule has 0 atom stereocenters. The lowest BCUT2D eigenvalue weighted by molar-refractivity contribution is -0.128. The highest BCUT2D eigenvalue weighted by Gasteiger charge is 2.00. The average molecular weight is 268 g/mol. The van der Waals surface area contributed by atoms with Crippen molar-refractivity contribution in [2.24, 2.45) is 0 Å². The first kappa shape index (κ1) is 13.9. The molecule has 0 bridgehead atoms. The Morgan fingerprint density at radius 3 is 2.45 bits per heavy atom. The summed E-state index contributed by atoms with van der Waals surface area (Å²) in [4.78, 5) is 11.7. The summed E-state index contributed by atoms with van der Waals surface area (Å²) >= 11 is 0. The Morgan fingerprint density at radius 1 is 1.05 bits per heavy atom. The van der Waals surface area contributed by atoms with Gasteiger partial charge in [0.2, 0.25) is 0 Å². The van der Waals surface area contributed by atoms with Gasteiger partial charge < -0.3 is 9.47 Å². The van der Waals surface area contributed by atoms with Gasteiger partial charge in [0.25, 0.3) is 0 Å². The second-order valence-electron chi connectivity index (χ2n) is 4.34. The quantitative estimate of drug-likeness (QED) is 0.482. The van der Waals surface area contributed by atoms with Gasteiger partial charge >= 0.3 is 5.97 Å². The minimum Gasteiger partial charge on any atom is -0.497 e. The number of benzene rings is 2. The SMILES string of the molecule is COc1ccc(/C=C/C(=O)Oc2cccc(C)c2)cc1. The van der Waals surface area contributed by atoms with Crippen molar-refractivity contribution in [3.8, 4) is 11.5 Å². The van der Waals surface area contributed by atoms with Gasteiger partial charge in [0.05, 0.1) is 7.11 Å². The van der Waals surface area contributed by atoms with Crippen molar-refractivity contribution in [3.63, 3.8) is 0 Å². The number of esters is 1. The number of ether oxygens (including phenoxy) is 2. The van der Waals surface area contributed by atoms with E-state index >= 15 is 0 Å². The van der Waals surface area contributed by atoms with Gasteiger partial charge in [-0.15, -0.1) is 0 Å². The molecule has 0 unspecified atom stereocenters. The van der Waals surface area contributed by atoms with Crippen LogP contribution in [0.15, 0.2) is 54.6 Å². The first-order chi connectivity index (χ1) is 9.67. The highest BCUT2D eigenvalue weighted by molar-refractivity contribution is 5.88. The van der Waals surface area contributed by atoms with Crippen molar-refractivity contribution in [3.05, 3.63) is 65.7 Å². The summed E-state index contributed by atoms with van der Waals surface area (Å²) in [6.45, 7) is 1.95. The number of aryl methyl sites for hydroxylation is 1. The molecule has 0 aliphatic rings. The van der Waals surface area contributed by atoms with E-state index in [9.17, 15) is 4.79 Å². The predicted octanol–water partition coefficient (Wildman–Crippen LogP) is 3.62. The smallest absolute Gasteiger partial charge is 0.336 e. The van der Waals surface area contributed by atoms with Crippen LogP contribution in [0, 0.1) is 6.92 Å². The summed E-state index contributed by atoms with van der Waals surface area (Å²) in [6, 6.07) is 14.8. The van der Waals surface area contributed by atoms with Gasteiger partial charge in [-0.3, -0.25) is 0 Å². The molecule has 3 nitrogen and oxygen atoms in total. The number of methoxy groups -OCH3 is 1. The van der Waals surface area contributed by atoms with Crippen LogP contribution in [0.4, 0.5) is 0 Å². The topological polar surface area (TPSA) is 35.5 Å². The molecule has 3 heteroatoms.